The summed E-state index contributed by atoms with van der Waals surface area (Å²) in [6.07, 6.45) is 7.32. The standard InChI is InChI=1S/C29H32N2/c1-3-13-27(28-30-20-21-31(28)23-25-16-9-5-10-17-25)29(2,26-18-11-6-12-19-26)22-24-14-7-4-8-15-24/h4-12,14-21,27H,3,13,22-23H2,1-2H3. The van der Waals surface area contributed by atoms with E-state index in [-0.39, 0.29) is 5.41 Å². The molecule has 2 heteroatoms. The second-order valence-corrected chi connectivity index (χ2v) is 8.69. The lowest BCUT2D eigenvalue weighted by Gasteiger charge is -2.39. The summed E-state index contributed by atoms with van der Waals surface area (Å²) < 4.78 is 2.35. The molecule has 2 nitrogen and oxygen atoms in total. The molecule has 4 rings (SSSR count). The number of imidazole rings is 1. The molecule has 0 fully saturated rings. The summed E-state index contributed by atoms with van der Waals surface area (Å²) in [5, 5.41) is 0. The van der Waals surface area contributed by atoms with Crippen LogP contribution in [0.1, 0.15) is 55.1 Å². The monoisotopic (exact) mass is 408 g/mol. The molecule has 0 saturated heterocycles. The molecule has 1 aromatic heterocycles. The third kappa shape index (κ3) is 4.80. The zero-order chi connectivity index (χ0) is 21.5. The SMILES string of the molecule is CCCC(c1nccn1Cc1ccccc1)C(C)(Cc1ccccc1)c1ccccc1. The fraction of sp³-hybridized carbons (Fsp3) is 0.276. The number of benzene rings is 3. The van der Waals surface area contributed by atoms with E-state index in [0.29, 0.717) is 5.92 Å². The van der Waals surface area contributed by atoms with Crippen molar-refractivity contribution in [2.75, 3.05) is 0 Å². The predicted molar refractivity (Wildman–Crippen MR) is 129 cm³/mol. The van der Waals surface area contributed by atoms with Gasteiger partial charge >= 0.3 is 0 Å². The summed E-state index contributed by atoms with van der Waals surface area (Å²) in [4.78, 5) is 4.93. The van der Waals surface area contributed by atoms with Gasteiger partial charge in [0.25, 0.3) is 0 Å². The van der Waals surface area contributed by atoms with Gasteiger partial charge in [0.15, 0.2) is 0 Å². The number of aromatic nitrogens is 2. The molecule has 0 N–H and O–H groups in total. The van der Waals surface area contributed by atoms with E-state index in [1.807, 2.05) is 6.20 Å². The van der Waals surface area contributed by atoms with Crippen molar-refractivity contribution in [1.82, 2.24) is 9.55 Å². The van der Waals surface area contributed by atoms with Crippen LogP contribution in [0.5, 0.6) is 0 Å². The third-order valence-electron chi connectivity index (χ3n) is 6.45. The van der Waals surface area contributed by atoms with Crippen LogP contribution in [-0.2, 0) is 18.4 Å². The Morgan fingerprint density at radius 1 is 0.806 bits per heavy atom. The second kappa shape index (κ2) is 9.78. The molecule has 158 valence electrons. The average molecular weight is 409 g/mol. The van der Waals surface area contributed by atoms with Crippen LogP contribution in [-0.4, -0.2) is 9.55 Å². The molecule has 2 unspecified atom stereocenters. The maximum Gasteiger partial charge on any atom is 0.112 e. The molecular weight excluding hydrogens is 376 g/mol. The fourth-order valence-corrected chi connectivity index (χ4v) is 4.83. The van der Waals surface area contributed by atoms with Crippen molar-refractivity contribution in [1.29, 1.82) is 0 Å². The van der Waals surface area contributed by atoms with Gasteiger partial charge in [-0.1, -0.05) is 111 Å². The van der Waals surface area contributed by atoms with Gasteiger partial charge in [0, 0.05) is 30.3 Å². The van der Waals surface area contributed by atoms with Crippen molar-refractivity contribution < 1.29 is 0 Å². The molecule has 0 aliphatic rings. The van der Waals surface area contributed by atoms with Crippen LogP contribution < -0.4 is 0 Å². The van der Waals surface area contributed by atoms with Gasteiger partial charge in [-0.25, -0.2) is 4.98 Å². The summed E-state index contributed by atoms with van der Waals surface area (Å²) in [5.41, 5.74) is 4.00. The lowest BCUT2D eigenvalue weighted by atomic mass is 9.66. The predicted octanol–water partition coefficient (Wildman–Crippen LogP) is 7.02. The van der Waals surface area contributed by atoms with Gasteiger partial charge in [0.1, 0.15) is 5.82 Å². The first-order valence-corrected chi connectivity index (χ1v) is 11.3. The van der Waals surface area contributed by atoms with Crippen LogP contribution in [0.2, 0.25) is 0 Å². The summed E-state index contributed by atoms with van der Waals surface area (Å²) in [6.45, 7) is 5.56. The van der Waals surface area contributed by atoms with E-state index in [4.69, 9.17) is 4.98 Å². The molecule has 3 aromatic carbocycles. The van der Waals surface area contributed by atoms with E-state index >= 15 is 0 Å². The van der Waals surface area contributed by atoms with Crippen molar-refractivity contribution in [3.05, 3.63) is 126 Å². The molecule has 0 radical (unpaired) electrons. The Hall–Kier alpha value is -3.13. The Bertz CT molecular complexity index is 1050. The Balaban J connectivity index is 1.77. The lowest BCUT2D eigenvalue weighted by Crippen LogP contribution is -2.35. The van der Waals surface area contributed by atoms with Crippen molar-refractivity contribution in [2.45, 2.75) is 51.0 Å². The lowest BCUT2D eigenvalue weighted by molar-refractivity contribution is 0.331. The first-order valence-electron chi connectivity index (χ1n) is 11.3. The van der Waals surface area contributed by atoms with Crippen LogP contribution >= 0.6 is 0 Å². The molecule has 0 spiro atoms. The zero-order valence-corrected chi connectivity index (χ0v) is 18.6. The summed E-state index contributed by atoms with van der Waals surface area (Å²) >= 11 is 0. The van der Waals surface area contributed by atoms with E-state index < -0.39 is 0 Å². The van der Waals surface area contributed by atoms with E-state index in [1.54, 1.807) is 0 Å². The van der Waals surface area contributed by atoms with Crippen LogP contribution in [0.15, 0.2) is 103 Å². The van der Waals surface area contributed by atoms with Gasteiger partial charge in [0.05, 0.1) is 0 Å². The van der Waals surface area contributed by atoms with Gasteiger partial charge in [-0.3, -0.25) is 0 Å². The maximum atomic E-state index is 4.93. The Morgan fingerprint density at radius 3 is 2.00 bits per heavy atom. The van der Waals surface area contributed by atoms with E-state index in [1.165, 1.54) is 22.5 Å². The Morgan fingerprint density at radius 2 is 1.39 bits per heavy atom. The molecule has 0 aliphatic heterocycles. The summed E-state index contributed by atoms with van der Waals surface area (Å²) in [7, 11) is 0. The van der Waals surface area contributed by atoms with Crippen LogP contribution in [0.4, 0.5) is 0 Å². The van der Waals surface area contributed by atoms with Crippen molar-refractivity contribution in [3.8, 4) is 0 Å². The fourth-order valence-electron chi connectivity index (χ4n) is 4.83. The molecule has 2 atom stereocenters. The highest BCUT2D eigenvalue weighted by molar-refractivity contribution is 5.33. The summed E-state index contributed by atoms with van der Waals surface area (Å²) in [5.74, 6) is 1.51. The van der Waals surface area contributed by atoms with Crippen LogP contribution in [0, 0.1) is 0 Å². The quantitative estimate of drug-likeness (QED) is 0.291. The topological polar surface area (TPSA) is 17.8 Å². The number of rotatable bonds is 9. The average Bonchev–Trinajstić information content (AvgIpc) is 3.27. The zero-order valence-electron chi connectivity index (χ0n) is 18.6. The van der Waals surface area contributed by atoms with Gasteiger partial charge in [-0.2, -0.15) is 0 Å². The molecule has 31 heavy (non-hydrogen) atoms. The molecular formula is C29H32N2. The van der Waals surface area contributed by atoms with E-state index in [9.17, 15) is 0 Å². The second-order valence-electron chi connectivity index (χ2n) is 8.69. The Labute approximate surface area is 186 Å². The largest absolute Gasteiger partial charge is 0.330 e. The van der Waals surface area contributed by atoms with Crippen LogP contribution in [0.25, 0.3) is 0 Å². The smallest absolute Gasteiger partial charge is 0.112 e. The van der Waals surface area contributed by atoms with E-state index in [0.717, 1.165) is 25.8 Å². The van der Waals surface area contributed by atoms with Gasteiger partial charge in [-0.15, -0.1) is 0 Å². The molecule has 1 heterocycles. The highest BCUT2D eigenvalue weighted by atomic mass is 15.1. The molecule has 4 aromatic rings. The van der Waals surface area contributed by atoms with Crippen molar-refractivity contribution in [3.63, 3.8) is 0 Å². The molecule has 0 saturated carbocycles. The van der Waals surface area contributed by atoms with Gasteiger partial charge in [0.2, 0.25) is 0 Å². The number of hydrogen-bond donors (Lipinski definition) is 0. The maximum absolute atomic E-state index is 4.93. The Kier molecular flexibility index (Phi) is 6.66. The molecule has 0 bridgehead atoms. The minimum Gasteiger partial charge on any atom is -0.330 e. The minimum atomic E-state index is -0.0571. The van der Waals surface area contributed by atoms with E-state index in [2.05, 4.69) is 116 Å². The number of hydrogen-bond acceptors (Lipinski definition) is 1. The normalized spacial score (nSPS) is 14.1. The van der Waals surface area contributed by atoms with Gasteiger partial charge in [-0.05, 0) is 29.5 Å². The van der Waals surface area contributed by atoms with Gasteiger partial charge < -0.3 is 4.57 Å². The summed E-state index contributed by atoms with van der Waals surface area (Å²) in [6, 6.07) is 32.6. The molecule has 0 aliphatic carbocycles. The highest BCUT2D eigenvalue weighted by Gasteiger charge is 2.38. The highest BCUT2D eigenvalue weighted by Crippen LogP contribution is 2.44. The van der Waals surface area contributed by atoms with Crippen molar-refractivity contribution >= 4 is 0 Å². The minimum absolute atomic E-state index is 0.0571. The first kappa shape index (κ1) is 21.1. The third-order valence-corrected chi connectivity index (χ3v) is 6.45. The molecule has 0 amide bonds. The first-order chi connectivity index (χ1) is 15.2. The van der Waals surface area contributed by atoms with Crippen LogP contribution in [0.3, 0.4) is 0 Å². The number of nitrogens with zero attached hydrogens (tertiary/aromatic N) is 2. The van der Waals surface area contributed by atoms with Crippen molar-refractivity contribution in [2.24, 2.45) is 0 Å².